The first kappa shape index (κ1) is 14.0. The third-order valence-corrected chi connectivity index (χ3v) is 2.47. The smallest absolute Gasteiger partial charge is 0.137 e. The lowest BCUT2D eigenvalue weighted by molar-refractivity contribution is 0.545. The van der Waals surface area contributed by atoms with Crippen LogP contribution in [0.5, 0.6) is 0 Å². The summed E-state index contributed by atoms with van der Waals surface area (Å²) in [5.41, 5.74) is -0.108. The number of halogens is 1. The third kappa shape index (κ3) is 4.35. The van der Waals surface area contributed by atoms with E-state index in [2.05, 4.69) is 49.6 Å². The number of anilines is 1. The van der Waals surface area contributed by atoms with Gasteiger partial charge in [0.2, 0.25) is 0 Å². The minimum absolute atomic E-state index is 0.108. The Balaban J connectivity index is 2.94. The molecule has 0 spiro atoms. The quantitative estimate of drug-likeness (QED) is 0.655. The zero-order valence-electron chi connectivity index (χ0n) is 10.9. The fourth-order valence-electron chi connectivity index (χ4n) is 1.39. The van der Waals surface area contributed by atoms with Crippen molar-refractivity contribution < 1.29 is 0 Å². The highest BCUT2D eigenvalue weighted by Crippen LogP contribution is 2.22. The Morgan fingerprint density at radius 3 is 2.65 bits per heavy atom. The Morgan fingerprint density at radius 1 is 1.47 bits per heavy atom. The molecule has 1 N–H and O–H groups in total. The zero-order valence-corrected chi connectivity index (χ0v) is 11.7. The molecule has 1 rings (SSSR count). The number of hydrogen-bond donors (Lipinski definition) is 1. The standard InChI is InChI=1S/C13H20ClN3/c1-6-7-9(2)15-11-8-10(14)16-12(17-11)13(3,4)5/h6,8-9H,1,7H2,2-5H3,(H,15,16,17). The summed E-state index contributed by atoms with van der Waals surface area (Å²) in [7, 11) is 0. The Kier molecular flexibility index (Phi) is 4.52. The molecule has 0 radical (unpaired) electrons. The molecule has 0 saturated carbocycles. The van der Waals surface area contributed by atoms with Gasteiger partial charge in [-0.15, -0.1) is 6.58 Å². The van der Waals surface area contributed by atoms with Gasteiger partial charge in [0.15, 0.2) is 0 Å². The molecule has 1 aromatic heterocycles. The van der Waals surface area contributed by atoms with Gasteiger partial charge in [0, 0.05) is 17.5 Å². The van der Waals surface area contributed by atoms with E-state index < -0.39 is 0 Å². The van der Waals surface area contributed by atoms with Crippen LogP contribution < -0.4 is 5.32 Å². The summed E-state index contributed by atoms with van der Waals surface area (Å²) < 4.78 is 0. The summed E-state index contributed by atoms with van der Waals surface area (Å²) in [6.45, 7) is 12.0. The van der Waals surface area contributed by atoms with E-state index in [-0.39, 0.29) is 11.5 Å². The second kappa shape index (κ2) is 5.50. The number of nitrogens with one attached hydrogen (secondary N) is 1. The number of hydrogen-bond acceptors (Lipinski definition) is 3. The average molecular weight is 254 g/mol. The Morgan fingerprint density at radius 2 is 2.12 bits per heavy atom. The maximum atomic E-state index is 6.01. The van der Waals surface area contributed by atoms with Crippen LogP contribution in [-0.2, 0) is 5.41 Å². The van der Waals surface area contributed by atoms with Crippen molar-refractivity contribution in [3.05, 3.63) is 29.7 Å². The molecule has 0 aliphatic rings. The van der Waals surface area contributed by atoms with Gasteiger partial charge in [-0.3, -0.25) is 0 Å². The van der Waals surface area contributed by atoms with Crippen molar-refractivity contribution in [1.29, 1.82) is 0 Å². The van der Waals surface area contributed by atoms with Crippen LogP contribution in [0.2, 0.25) is 5.15 Å². The summed E-state index contributed by atoms with van der Waals surface area (Å²) in [5.74, 6) is 1.52. The van der Waals surface area contributed by atoms with Crippen molar-refractivity contribution in [1.82, 2.24) is 9.97 Å². The molecule has 4 heteroatoms. The largest absolute Gasteiger partial charge is 0.367 e. The van der Waals surface area contributed by atoms with Crippen LogP contribution in [0, 0.1) is 0 Å². The molecule has 1 heterocycles. The summed E-state index contributed by atoms with van der Waals surface area (Å²) in [5, 5.41) is 3.76. The lowest BCUT2D eigenvalue weighted by Crippen LogP contribution is -2.20. The van der Waals surface area contributed by atoms with Crippen molar-refractivity contribution in [2.75, 3.05) is 5.32 Å². The first-order valence-corrected chi connectivity index (χ1v) is 6.13. The SMILES string of the molecule is C=CCC(C)Nc1cc(Cl)nc(C(C)(C)C)n1. The fraction of sp³-hybridized carbons (Fsp3) is 0.538. The molecule has 1 unspecified atom stereocenters. The molecule has 0 aliphatic heterocycles. The van der Waals surface area contributed by atoms with Crippen LogP contribution in [0.1, 0.15) is 39.9 Å². The van der Waals surface area contributed by atoms with Crippen molar-refractivity contribution in [2.24, 2.45) is 0 Å². The van der Waals surface area contributed by atoms with E-state index >= 15 is 0 Å². The van der Waals surface area contributed by atoms with Crippen LogP contribution in [0.3, 0.4) is 0 Å². The Bertz CT molecular complexity index is 396. The number of rotatable bonds is 4. The first-order valence-electron chi connectivity index (χ1n) is 5.75. The maximum Gasteiger partial charge on any atom is 0.137 e. The van der Waals surface area contributed by atoms with E-state index in [4.69, 9.17) is 11.6 Å². The second-order valence-corrected chi connectivity index (χ2v) is 5.61. The third-order valence-electron chi connectivity index (χ3n) is 2.28. The Hall–Kier alpha value is -1.09. The molecule has 0 saturated heterocycles. The summed E-state index contributed by atoms with van der Waals surface area (Å²) in [6.07, 6.45) is 2.76. The molecule has 0 fully saturated rings. The van der Waals surface area contributed by atoms with E-state index in [1.165, 1.54) is 0 Å². The van der Waals surface area contributed by atoms with E-state index in [1.54, 1.807) is 6.07 Å². The van der Waals surface area contributed by atoms with Crippen LogP contribution in [-0.4, -0.2) is 16.0 Å². The molecule has 3 nitrogen and oxygen atoms in total. The molecule has 17 heavy (non-hydrogen) atoms. The van der Waals surface area contributed by atoms with Crippen LogP contribution in [0.15, 0.2) is 18.7 Å². The van der Waals surface area contributed by atoms with E-state index in [9.17, 15) is 0 Å². The number of aromatic nitrogens is 2. The lowest BCUT2D eigenvalue weighted by Gasteiger charge is -2.19. The van der Waals surface area contributed by atoms with Crippen molar-refractivity contribution in [3.63, 3.8) is 0 Å². The predicted octanol–water partition coefficient (Wildman–Crippen LogP) is 3.80. The molecular weight excluding hydrogens is 234 g/mol. The molecule has 0 aliphatic carbocycles. The van der Waals surface area contributed by atoms with Gasteiger partial charge in [0.1, 0.15) is 16.8 Å². The summed E-state index contributed by atoms with van der Waals surface area (Å²) in [6, 6.07) is 2.03. The van der Waals surface area contributed by atoms with Gasteiger partial charge in [0.05, 0.1) is 0 Å². The normalized spacial score (nSPS) is 13.2. The molecule has 1 atom stereocenters. The molecule has 0 aromatic carbocycles. The van der Waals surface area contributed by atoms with Gasteiger partial charge in [-0.1, -0.05) is 38.4 Å². The van der Waals surface area contributed by atoms with Gasteiger partial charge in [0.25, 0.3) is 0 Å². The second-order valence-electron chi connectivity index (χ2n) is 5.22. The molecule has 0 amide bonds. The fourth-order valence-corrected chi connectivity index (χ4v) is 1.57. The van der Waals surface area contributed by atoms with Gasteiger partial charge < -0.3 is 5.32 Å². The van der Waals surface area contributed by atoms with Gasteiger partial charge in [-0.2, -0.15) is 0 Å². The molecule has 1 aromatic rings. The highest BCUT2D eigenvalue weighted by Gasteiger charge is 2.19. The number of nitrogens with zero attached hydrogens (tertiary/aromatic N) is 2. The van der Waals surface area contributed by atoms with E-state index in [1.807, 2.05) is 6.08 Å². The minimum Gasteiger partial charge on any atom is -0.367 e. The summed E-state index contributed by atoms with van der Waals surface area (Å²) in [4.78, 5) is 8.74. The van der Waals surface area contributed by atoms with Crippen LogP contribution in [0.25, 0.3) is 0 Å². The maximum absolute atomic E-state index is 6.01. The Labute approximate surface area is 108 Å². The van der Waals surface area contributed by atoms with Crippen molar-refractivity contribution in [2.45, 2.75) is 45.6 Å². The molecular formula is C13H20ClN3. The van der Waals surface area contributed by atoms with Crippen molar-refractivity contribution >= 4 is 17.4 Å². The van der Waals surface area contributed by atoms with Gasteiger partial charge >= 0.3 is 0 Å². The molecule has 0 bridgehead atoms. The van der Waals surface area contributed by atoms with Gasteiger partial charge in [-0.25, -0.2) is 9.97 Å². The minimum atomic E-state index is -0.108. The van der Waals surface area contributed by atoms with Crippen molar-refractivity contribution in [3.8, 4) is 0 Å². The van der Waals surface area contributed by atoms with Crippen LogP contribution in [0.4, 0.5) is 5.82 Å². The topological polar surface area (TPSA) is 37.8 Å². The molecule has 94 valence electrons. The zero-order chi connectivity index (χ0) is 13.1. The summed E-state index contributed by atoms with van der Waals surface area (Å²) >= 11 is 6.01. The van der Waals surface area contributed by atoms with Crippen LogP contribution >= 0.6 is 11.6 Å². The van der Waals surface area contributed by atoms with E-state index in [0.29, 0.717) is 5.15 Å². The monoisotopic (exact) mass is 253 g/mol. The highest BCUT2D eigenvalue weighted by atomic mass is 35.5. The first-order chi connectivity index (χ1) is 7.82. The average Bonchev–Trinajstić information content (AvgIpc) is 2.15. The van der Waals surface area contributed by atoms with E-state index in [0.717, 1.165) is 18.1 Å². The predicted molar refractivity (Wildman–Crippen MR) is 73.6 cm³/mol. The van der Waals surface area contributed by atoms with Gasteiger partial charge in [-0.05, 0) is 13.3 Å². The highest BCUT2D eigenvalue weighted by molar-refractivity contribution is 6.29. The lowest BCUT2D eigenvalue weighted by atomic mass is 9.96.